The number of aryl methyl sites for hydroxylation is 1. The van der Waals surface area contributed by atoms with Crippen LogP contribution in [0.1, 0.15) is 43.9 Å². The van der Waals surface area contributed by atoms with Crippen molar-refractivity contribution in [1.82, 2.24) is 10.2 Å². The number of phenols is 1. The Hall–Kier alpha value is -0.770. The Kier molecular flexibility index (Phi) is 5.91. The molecule has 0 unspecified atom stereocenters. The molecule has 1 aromatic rings. The molecule has 1 saturated heterocycles. The van der Waals surface area contributed by atoms with Crippen LogP contribution in [0.5, 0.6) is 5.75 Å². The molecule has 21 heavy (non-hydrogen) atoms. The van der Waals surface area contributed by atoms with E-state index in [9.17, 15) is 5.11 Å². The van der Waals surface area contributed by atoms with Crippen LogP contribution < -0.4 is 5.32 Å². The molecule has 1 heterocycles. The molecule has 0 aliphatic carbocycles. The lowest BCUT2D eigenvalue weighted by atomic mass is 9.94. The minimum Gasteiger partial charge on any atom is -0.507 e. The van der Waals surface area contributed by atoms with E-state index in [1.807, 2.05) is 19.1 Å². The van der Waals surface area contributed by atoms with E-state index in [1.165, 1.54) is 0 Å². The molecule has 118 valence electrons. The van der Waals surface area contributed by atoms with Gasteiger partial charge >= 0.3 is 0 Å². The Balaban J connectivity index is 2.29. The number of piperazine rings is 1. The molecule has 4 heteroatoms. The molecule has 2 N–H and O–H groups in total. The first-order valence-corrected chi connectivity index (χ1v) is 8.30. The molecule has 2 rings (SSSR count). The zero-order chi connectivity index (χ0) is 15.4. The molecule has 0 radical (unpaired) electrons. The van der Waals surface area contributed by atoms with Crippen LogP contribution in [0.25, 0.3) is 0 Å². The van der Waals surface area contributed by atoms with E-state index >= 15 is 0 Å². The van der Waals surface area contributed by atoms with Crippen LogP contribution in [-0.2, 0) is 0 Å². The van der Waals surface area contributed by atoms with Gasteiger partial charge in [-0.3, -0.25) is 4.90 Å². The van der Waals surface area contributed by atoms with Crippen LogP contribution in [0.2, 0.25) is 5.02 Å². The van der Waals surface area contributed by atoms with Crippen LogP contribution in [0.3, 0.4) is 0 Å². The fourth-order valence-electron chi connectivity index (χ4n) is 3.04. The number of rotatable bonds is 5. The molecule has 1 atom stereocenters. The summed E-state index contributed by atoms with van der Waals surface area (Å²) in [5.41, 5.74) is 1.85. The van der Waals surface area contributed by atoms with Crippen molar-refractivity contribution in [3.63, 3.8) is 0 Å². The molecule has 0 amide bonds. The van der Waals surface area contributed by atoms with Gasteiger partial charge in [-0.15, -0.1) is 0 Å². The van der Waals surface area contributed by atoms with E-state index in [0.29, 0.717) is 16.7 Å². The summed E-state index contributed by atoms with van der Waals surface area (Å²) in [6.07, 6.45) is 2.21. The summed E-state index contributed by atoms with van der Waals surface area (Å²) < 4.78 is 0. The monoisotopic (exact) mass is 310 g/mol. The highest BCUT2D eigenvalue weighted by Crippen LogP contribution is 2.37. The third kappa shape index (κ3) is 4.35. The molecule has 1 aliphatic rings. The number of nitrogens with zero attached hydrogens (tertiary/aromatic N) is 1. The summed E-state index contributed by atoms with van der Waals surface area (Å²) in [7, 11) is 0. The number of aromatic hydroxyl groups is 1. The predicted octanol–water partition coefficient (Wildman–Crippen LogP) is 3.74. The lowest BCUT2D eigenvalue weighted by Gasteiger charge is -2.36. The van der Waals surface area contributed by atoms with Gasteiger partial charge in [-0.25, -0.2) is 0 Å². The number of hydrogen-bond donors (Lipinski definition) is 2. The van der Waals surface area contributed by atoms with E-state index < -0.39 is 0 Å². The maximum absolute atomic E-state index is 10.5. The van der Waals surface area contributed by atoms with Crippen molar-refractivity contribution in [3.8, 4) is 5.75 Å². The molecular weight excluding hydrogens is 284 g/mol. The van der Waals surface area contributed by atoms with Crippen molar-refractivity contribution in [1.29, 1.82) is 0 Å². The standard InChI is InChI=1S/C17H27ClN2O/c1-12(2)4-5-16(20-8-6-19-7-9-20)15-11-14(18)10-13(3)17(15)21/h10-12,16,19,21H,4-9H2,1-3H3/t16-/m1/s1. The molecule has 0 saturated carbocycles. The number of nitrogens with one attached hydrogen (secondary N) is 1. The van der Waals surface area contributed by atoms with Crippen molar-refractivity contribution < 1.29 is 5.11 Å². The molecule has 1 fully saturated rings. The third-order valence-electron chi connectivity index (χ3n) is 4.26. The Bertz CT molecular complexity index is 470. The summed E-state index contributed by atoms with van der Waals surface area (Å²) in [5.74, 6) is 1.07. The van der Waals surface area contributed by atoms with Crippen LogP contribution >= 0.6 is 11.6 Å². The smallest absolute Gasteiger partial charge is 0.123 e. The van der Waals surface area contributed by atoms with Crippen molar-refractivity contribution in [2.45, 2.75) is 39.7 Å². The molecular formula is C17H27ClN2O. The quantitative estimate of drug-likeness (QED) is 0.869. The van der Waals surface area contributed by atoms with Gasteiger partial charge in [0.1, 0.15) is 5.75 Å². The van der Waals surface area contributed by atoms with Gasteiger partial charge in [0, 0.05) is 42.8 Å². The molecule has 0 aromatic heterocycles. The number of hydrogen-bond acceptors (Lipinski definition) is 3. The summed E-state index contributed by atoms with van der Waals surface area (Å²) in [6, 6.07) is 4.03. The van der Waals surface area contributed by atoms with E-state index in [2.05, 4.69) is 24.1 Å². The first-order chi connectivity index (χ1) is 9.99. The van der Waals surface area contributed by atoms with E-state index in [-0.39, 0.29) is 6.04 Å². The van der Waals surface area contributed by atoms with Gasteiger partial charge in [0.2, 0.25) is 0 Å². The fourth-order valence-corrected chi connectivity index (χ4v) is 3.32. The van der Waals surface area contributed by atoms with E-state index in [4.69, 9.17) is 11.6 Å². The van der Waals surface area contributed by atoms with E-state index in [1.54, 1.807) is 0 Å². The first kappa shape index (κ1) is 16.6. The second-order valence-electron chi connectivity index (χ2n) is 6.43. The second-order valence-corrected chi connectivity index (χ2v) is 6.87. The molecule has 1 aromatic carbocycles. The molecule has 0 bridgehead atoms. The fraction of sp³-hybridized carbons (Fsp3) is 0.647. The lowest BCUT2D eigenvalue weighted by molar-refractivity contribution is 0.157. The predicted molar refractivity (Wildman–Crippen MR) is 89.1 cm³/mol. The molecule has 1 aliphatic heterocycles. The summed E-state index contributed by atoms with van der Waals surface area (Å²) >= 11 is 6.23. The number of phenolic OH excluding ortho intramolecular Hbond substituents is 1. The Labute approximate surface area is 133 Å². The highest BCUT2D eigenvalue weighted by atomic mass is 35.5. The van der Waals surface area contributed by atoms with Gasteiger partial charge in [0.25, 0.3) is 0 Å². The number of halogens is 1. The van der Waals surface area contributed by atoms with E-state index in [0.717, 1.165) is 50.1 Å². The average molecular weight is 311 g/mol. The normalized spacial score (nSPS) is 18.1. The van der Waals surface area contributed by atoms with Gasteiger partial charge in [-0.05, 0) is 43.4 Å². The third-order valence-corrected chi connectivity index (χ3v) is 4.48. The van der Waals surface area contributed by atoms with Crippen LogP contribution in [0.15, 0.2) is 12.1 Å². The molecule has 0 spiro atoms. The average Bonchev–Trinajstić information content (AvgIpc) is 2.45. The minimum absolute atomic E-state index is 0.256. The molecule has 3 nitrogen and oxygen atoms in total. The summed E-state index contributed by atoms with van der Waals surface area (Å²) in [4.78, 5) is 2.48. The topological polar surface area (TPSA) is 35.5 Å². The lowest BCUT2D eigenvalue weighted by Crippen LogP contribution is -2.45. The second kappa shape index (κ2) is 7.48. The summed E-state index contributed by atoms with van der Waals surface area (Å²) in [5, 5.41) is 14.6. The zero-order valence-corrected chi connectivity index (χ0v) is 14.1. The Morgan fingerprint density at radius 3 is 2.52 bits per heavy atom. The SMILES string of the molecule is Cc1cc(Cl)cc([C@@H](CCC(C)C)N2CCNCC2)c1O. The van der Waals surface area contributed by atoms with Gasteiger partial charge in [-0.2, -0.15) is 0 Å². The van der Waals surface area contributed by atoms with Gasteiger partial charge in [0.15, 0.2) is 0 Å². The zero-order valence-electron chi connectivity index (χ0n) is 13.3. The first-order valence-electron chi connectivity index (χ1n) is 7.92. The highest BCUT2D eigenvalue weighted by molar-refractivity contribution is 6.30. The van der Waals surface area contributed by atoms with Crippen LogP contribution in [0.4, 0.5) is 0 Å². The maximum Gasteiger partial charge on any atom is 0.123 e. The van der Waals surface area contributed by atoms with Crippen molar-refractivity contribution in [3.05, 3.63) is 28.3 Å². The Morgan fingerprint density at radius 1 is 1.24 bits per heavy atom. The van der Waals surface area contributed by atoms with Crippen LogP contribution in [-0.4, -0.2) is 36.2 Å². The maximum atomic E-state index is 10.5. The van der Waals surface area contributed by atoms with Crippen molar-refractivity contribution >= 4 is 11.6 Å². The van der Waals surface area contributed by atoms with Crippen molar-refractivity contribution in [2.75, 3.05) is 26.2 Å². The van der Waals surface area contributed by atoms with Gasteiger partial charge in [0.05, 0.1) is 0 Å². The largest absolute Gasteiger partial charge is 0.507 e. The minimum atomic E-state index is 0.256. The highest BCUT2D eigenvalue weighted by Gasteiger charge is 2.25. The number of benzene rings is 1. The van der Waals surface area contributed by atoms with Gasteiger partial charge in [-0.1, -0.05) is 25.4 Å². The Morgan fingerprint density at radius 2 is 1.90 bits per heavy atom. The van der Waals surface area contributed by atoms with Gasteiger partial charge < -0.3 is 10.4 Å². The van der Waals surface area contributed by atoms with Crippen LogP contribution in [0, 0.1) is 12.8 Å². The summed E-state index contributed by atoms with van der Waals surface area (Å²) in [6.45, 7) is 10.5. The van der Waals surface area contributed by atoms with Crippen molar-refractivity contribution in [2.24, 2.45) is 5.92 Å².